The lowest BCUT2D eigenvalue weighted by atomic mass is 9.92. The molecule has 1 aliphatic carbocycles. The second-order valence-electron chi connectivity index (χ2n) is 20.3. The molecule has 0 radical (unpaired) electrons. The van der Waals surface area contributed by atoms with Crippen molar-refractivity contribution in [1.29, 1.82) is 0 Å². The molecule has 6 heterocycles. The third-order valence-electron chi connectivity index (χ3n) is 14.8. The van der Waals surface area contributed by atoms with Crippen molar-refractivity contribution in [1.82, 2.24) is 39.5 Å². The number of benzene rings is 8. The Bertz CT molecular complexity index is 4190. The van der Waals surface area contributed by atoms with Gasteiger partial charge in [-0.05, 0) is 97.8 Å². The van der Waals surface area contributed by atoms with E-state index in [1.165, 1.54) is 56.5 Å². The fourth-order valence-electron chi connectivity index (χ4n) is 10.5. The lowest BCUT2D eigenvalue weighted by Crippen LogP contribution is -2.43. The van der Waals surface area contributed by atoms with Crippen molar-refractivity contribution in [3.8, 4) is 73.8 Å². The van der Waals surface area contributed by atoms with Gasteiger partial charge < -0.3 is 21.0 Å². The van der Waals surface area contributed by atoms with Gasteiger partial charge in [0.2, 0.25) is 0 Å². The molecule has 5 N–H and O–H groups in total. The van der Waals surface area contributed by atoms with Crippen LogP contribution >= 0.6 is 15.9 Å². The van der Waals surface area contributed by atoms with E-state index in [0.717, 1.165) is 79.4 Å². The summed E-state index contributed by atoms with van der Waals surface area (Å²) in [6, 6.07) is 86.9. The molecular weight excluding hydrogens is 1100 g/mol. The fourth-order valence-corrected chi connectivity index (χ4v) is 10.8. The molecule has 1 fully saturated rings. The third-order valence-corrected chi connectivity index (χ3v) is 15.3. The molecule has 412 valence electrons. The van der Waals surface area contributed by atoms with Crippen LogP contribution in [0, 0.1) is 0 Å². The summed E-state index contributed by atoms with van der Waals surface area (Å²) in [7, 11) is 0. The fraction of sp³-hybridized carbons (Fsp3) is 0.0959. The molecule has 1 saturated carbocycles. The predicted molar refractivity (Wildman–Crippen MR) is 351 cm³/mol. The molecule has 84 heavy (non-hydrogen) atoms. The summed E-state index contributed by atoms with van der Waals surface area (Å²) in [6.07, 6.45) is 8.37. The largest absolute Gasteiger partial charge is 0.355 e. The standard InChI is InChI=1S/C33H22N4.C21H14BrN3.C12H9N.C6H14N2.CH4/c1-2-10-24(11-3-1)33-35-29(22-30(36-33)28-14-8-9-21-34-28)23-17-19-25(20-18-23)37-31-15-6-4-12-26(31)27-13-5-7-16-32(27)37;22-17-11-9-15(10-12-17)19-14-20(18-8-4-5-13-23-18)25-21(24-19)16-6-2-1-3-7-16;1-3-7-11-9(5-1)10-6-2-4-8-12(10)13-11;7-5-3-1-2-4-6(5)8;/h1-22H;1-14H;1-8,13H;5-6H,1-4,7-8H2;1H4/t;;;5-,6-;/m...1./s1. The van der Waals surface area contributed by atoms with Crippen LogP contribution < -0.4 is 11.5 Å². The number of nitrogens with two attached hydrogens (primary N) is 2. The molecule has 6 aromatic heterocycles. The molecule has 0 saturated heterocycles. The van der Waals surface area contributed by atoms with Crippen LogP contribution in [0.1, 0.15) is 33.1 Å². The van der Waals surface area contributed by atoms with Gasteiger partial charge in [-0.2, -0.15) is 0 Å². The summed E-state index contributed by atoms with van der Waals surface area (Å²) in [5, 5.41) is 5.12. The van der Waals surface area contributed by atoms with Crippen LogP contribution in [0.2, 0.25) is 0 Å². The minimum Gasteiger partial charge on any atom is -0.355 e. The molecule has 1 aliphatic rings. The number of halogens is 1. The first-order chi connectivity index (χ1) is 40.9. The van der Waals surface area contributed by atoms with E-state index < -0.39 is 0 Å². The Hall–Kier alpha value is -9.78. The highest BCUT2D eigenvalue weighted by Crippen LogP contribution is 2.34. The summed E-state index contributed by atoms with van der Waals surface area (Å²) in [5.74, 6) is 1.38. The number of H-pyrrole nitrogens is 1. The van der Waals surface area contributed by atoms with Crippen LogP contribution in [0.4, 0.5) is 0 Å². The van der Waals surface area contributed by atoms with Crippen LogP contribution in [-0.4, -0.2) is 51.5 Å². The number of aromatic nitrogens is 8. The average molecular weight is 1160 g/mol. The Kier molecular flexibility index (Phi) is 17.6. The minimum atomic E-state index is 0. The van der Waals surface area contributed by atoms with Crippen LogP contribution in [0.5, 0.6) is 0 Å². The van der Waals surface area contributed by atoms with E-state index in [1.54, 1.807) is 12.4 Å². The summed E-state index contributed by atoms with van der Waals surface area (Å²) in [6.45, 7) is 0. The zero-order valence-corrected chi connectivity index (χ0v) is 47.1. The SMILES string of the molecule is Brc1ccc(-c2cc(-c3ccccn3)nc(-c3ccccc3)n2)cc1.C.N[C@@H]1CCCC[C@H]1N.c1ccc(-c2nc(-c3ccc(-n4c5ccccc5c5ccccc54)cc3)cc(-c3ccccn3)n2)cc1.c1ccc2c(c1)[nH]c1ccccc12. The minimum absolute atomic E-state index is 0. The molecule has 15 rings (SSSR count). The second-order valence-corrected chi connectivity index (χ2v) is 21.3. The molecule has 14 aromatic rings. The van der Waals surface area contributed by atoms with Gasteiger partial charge in [0.1, 0.15) is 0 Å². The Morgan fingerprint density at radius 3 is 1.18 bits per heavy atom. The van der Waals surface area contributed by atoms with Gasteiger partial charge in [-0.3, -0.25) is 9.97 Å². The number of fused-ring (bicyclic) bond motifs is 6. The topological polar surface area (TPSA) is 150 Å². The van der Waals surface area contributed by atoms with Crippen molar-refractivity contribution in [2.75, 3.05) is 0 Å². The number of nitrogens with one attached hydrogen (secondary N) is 1. The highest BCUT2D eigenvalue weighted by molar-refractivity contribution is 9.10. The molecule has 0 bridgehead atoms. The van der Waals surface area contributed by atoms with Crippen molar-refractivity contribution < 1.29 is 0 Å². The molecule has 11 heteroatoms. The van der Waals surface area contributed by atoms with E-state index in [1.807, 2.05) is 133 Å². The van der Waals surface area contributed by atoms with Gasteiger partial charge in [0.15, 0.2) is 11.6 Å². The lowest BCUT2D eigenvalue weighted by Gasteiger charge is -2.24. The Labute approximate surface area is 498 Å². The molecule has 2 atom stereocenters. The van der Waals surface area contributed by atoms with Crippen LogP contribution in [0.25, 0.3) is 117 Å². The number of hydrogen-bond donors (Lipinski definition) is 3. The summed E-state index contributed by atoms with van der Waals surface area (Å²) < 4.78 is 3.36. The molecule has 0 spiro atoms. The zero-order chi connectivity index (χ0) is 56.3. The van der Waals surface area contributed by atoms with Crippen molar-refractivity contribution >= 4 is 59.5 Å². The Morgan fingerprint density at radius 1 is 0.369 bits per heavy atom. The Balaban J connectivity index is 0.000000134. The van der Waals surface area contributed by atoms with E-state index in [0.29, 0.717) is 11.6 Å². The monoisotopic (exact) mass is 1160 g/mol. The molecule has 0 amide bonds. The van der Waals surface area contributed by atoms with Crippen LogP contribution in [0.3, 0.4) is 0 Å². The van der Waals surface area contributed by atoms with Crippen molar-refractivity contribution in [2.45, 2.75) is 45.2 Å². The number of para-hydroxylation sites is 4. The summed E-state index contributed by atoms with van der Waals surface area (Å²) in [5.41, 5.74) is 26.3. The van der Waals surface area contributed by atoms with E-state index in [4.69, 9.17) is 31.4 Å². The van der Waals surface area contributed by atoms with Crippen molar-refractivity contribution in [2.24, 2.45) is 11.5 Å². The van der Waals surface area contributed by atoms with E-state index in [9.17, 15) is 0 Å². The first kappa shape index (κ1) is 56.1. The molecule has 0 unspecified atom stereocenters. The van der Waals surface area contributed by atoms with Crippen molar-refractivity contribution in [3.05, 3.63) is 272 Å². The zero-order valence-electron chi connectivity index (χ0n) is 45.5. The highest BCUT2D eigenvalue weighted by atomic mass is 79.9. The molecule has 8 aromatic carbocycles. The van der Waals surface area contributed by atoms with Gasteiger partial charge in [-0.25, -0.2) is 19.9 Å². The summed E-state index contributed by atoms with van der Waals surface area (Å²) in [4.78, 5) is 31.6. The normalized spacial score (nSPS) is 13.6. The Morgan fingerprint density at radius 2 is 0.750 bits per heavy atom. The quantitative estimate of drug-likeness (QED) is 0.143. The van der Waals surface area contributed by atoms with E-state index >= 15 is 0 Å². The maximum Gasteiger partial charge on any atom is 0.160 e. The average Bonchev–Trinajstić information content (AvgIpc) is 3.22. The molecule has 0 aliphatic heterocycles. The number of rotatable bonds is 7. The van der Waals surface area contributed by atoms with Gasteiger partial charge in [-0.15, -0.1) is 0 Å². The number of pyridine rings is 2. The van der Waals surface area contributed by atoms with E-state index in [2.05, 4.69) is 157 Å². The smallest absolute Gasteiger partial charge is 0.160 e. The lowest BCUT2D eigenvalue weighted by molar-refractivity contribution is 0.385. The maximum absolute atomic E-state index is 5.65. The van der Waals surface area contributed by atoms with Gasteiger partial charge in [-0.1, -0.05) is 206 Å². The molecule has 10 nitrogen and oxygen atoms in total. The molecular formula is C73H63BrN10. The van der Waals surface area contributed by atoms with E-state index in [-0.39, 0.29) is 19.5 Å². The van der Waals surface area contributed by atoms with Crippen LogP contribution in [0.15, 0.2) is 272 Å². The summed E-state index contributed by atoms with van der Waals surface area (Å²) >= 11 is 3.48. The van der Waals surface area contributed by atoms with Crippen molar-refractivity contribution in [3.63, 3.8) is 0 Å². The predicted octanol–water partition coefficient (Wildman–Crippen LogP) is 17.8. The van der Waals surface area contributed by atoms with Gasteiger partial charge in [0.05, 0.1) is 45.2 Å². The number of nitrogens with zero attached hydrogens (tertiary/aromatic N) is 7. The van der Waals surface area contributed by atoms with Gasteiger partial charge in [0.25, 0.3) is 0 Å². The third kappa shape index (κ3) is 12.8. The second kappa shape index (κ2) is 26.4. The highest BCUT2D eigenvalue weighted by Gasteiger charge is 2.18. The van der Waals surface area contributed by atoms with Gasteiger partial charge >= 0.3 is 0 Å². The first-order valence-electron chi connectivity index (χ1n) is 27.9. The number of aromatic amines is 1. The number of hydrogen-bond acceptors (Lipinski definition) is 8. The first-order valence-corrected chi connectivity index (χ1v) is 28.7. The maximum atomic E-state index is 5.65. The van der Waals surface area contributed by atoms with Gasteiger partial charge in [0, 0.05) is 89.5 Å². The van der Waals surface area contributed by atoms with Crippen LogP contribution in [-0.2, 0) is 0 Å².